The number of hydrogen-bond acceptors (Lipinski definition) is 2. The summed E-state index contributed by atoms with van der Waals surface area (Å²) in [5, 5.41) is 0. The summed E-state index contributed by atoms with van der Waals surface area (Å²) in [5.41, 5.74) is 10.5. The second kappa shape index (κ2) is 5.02. The zero-order valence-corrected chi connectivity index (χ0v) is 10.4. The van der Waals surface area contributed by atoms with E-state index in [9.17, 15) is 0 Å². The summed E-state index contributed by atoms with van der Waals surface area (Å²) >= 11 is 0. The van der Waals surface area contributed by atoms with Crippen molar-refractivity contribution in [2.75, 3.05) is 11.9 Å². The molecule has 0 radical (unpaired) electrons. The fraction of sp³-hybridized carbons (Fsp3) is 0.200. The number of hydrogen-bond donors (Lipinski definition) is 1. The molecule has 0 spiro atoms. The second-order valence-electron chi connectivity index (χ2n) is 4.23. The van der Waals surface area contributed by atoms with Crippen molar-refractivity contribution >= 4 is 11.4 Å². The fourth-order valence-corrected chi connectivity index (χ4v) is 1.92. The maximum Gasteiger partial charge on any atom is 0.0453 e. The number of anilines is 2. The molecule has 0 saturated carbocycles. The first-order valence-corrected chi connectivity index (χ1v) is 5.80. The molecule has 2 N–H and O–H groups in total. The lowest BCUT2D eigenvalue weighted by molar-refractivity contribution is 1.05. The van der Waals surface area contributed by atoms with Crippen LogP contribution in [0.1, 0.15) is 11.1 Å². The van der Waals surface area contributed by atoms with Crippen LogP contribution in [0.5, 0.6) is 0 Å². The number of rotatable bonds is 3. The van der Waals surface area contributed by atoms with Crippen LogP contribution in [0.2, 0.25) is 0 Å². The Kier molecular flexibility index (Phi) is 3.45. The molecular formula is C15H18N2. The first-order chi connectivity index (χ1) is 8.22. The van der Waals surface area contributed by atoms with Crippen LogP contribution in [0.25, 0.3) is 0 Å². The molecule has 0 bridgehead atoms. The summed E-state index contributed by atoms with van der Waals surface area (Å²) < 4.78 is 0. The van der Waals surface area contributed by atoms with Gasteiger partial charge in [-0.05, 0) is 30.7 Å². The standard InChI is InChI=1S/C15H18N2/c1-12-7-9-14(10-8-12)17(2)15-6-4-3-5-13(15)11-16/h3-10H,11,16H2,1-2H3. The highest BCUT2D eigenvalue weighted by Gasteiger charge is 2.07. The normalized spacial score (nSPS) is 10.3. The van der Waals surface area contributed by atoms with E-state index in [0.29, 0.717) is 6.54 Å². The maximum absolute atomic E-state index is 5.76. The van der Waals surface area contributed by atoms with Crippen molar-refractivity contribution in [1.82, 2.24) is 0 Å². The minimum absolute atomic E-state index is 0.562. The van der Waals surface area contributed by atoms with E-state index >= 15 is 0 Å². The lowest BCUT2D eigenvalue weighted by Crippen LogP contribution is -2.13. The molecule has 2 aromatic rings. The Morgan fingerprint density at radius 1 is 1.00 bits per heavy atom. The van der Waals surface area contributed by atoms with Crippen LogP contribution in [0.3, 0.4) is 0 Å². The zero-order valence-electron chi connectivity index (χ0n) is 10.4. The van der Waals surface area contributed by atoms with E-state index in [1.54, 1.807) is 0 Å². The molecule has 17 heavy (non-hydrogen) atoms. The van der Waals surface area contributed by atoms with Crippen LogP contribution in [-0.2, 0) is 6.54 Å². The number of aryl methyl sites for hydroxylation is 1. The molecule has 0 aromatic heterocycles. The summed E-state index contributed by atoms with van der Waals surface area (Å²) in [5.74, 6) is 0. The Morgan fingerprint density at radius 3 is 2.29 bits per heavy atom. The molecular weight excluding hydrogens is 208 g/mol. The monoisotopic (exact) mass is 226 g/mol. The van der Waals surface area contributed by atoms with Crippen molar-refractivity contribution in [2.45, 2.75) is 13.5 Å². The predicted molar refractivity (Wildman–Crippen MR) is 73.6 cm³/mol. The average Bonchev–Trinajstić information content (AvgIpc) is 2.39. The SMILES string of the molecule is Cc1ccc(N(C)c2ccccc2CN)cc1. The summed E-state index contributed by atoms with van der Waals surface area (Å²) in [6.07, 6.45) is 0. The van der Waals surface area contributed by atoms with E-state index in [1.165, 1.54) is 16.9 Å². The molecule has 0 fully saturated rings. The molecule has 0 aliphatic rings. The summed E-state index contributed by atoms with van der Waals surface area (Å²) in [6, 6.07) is 16.7. The van der Waals surface area contributed by atoms with Gasteiger partial charge in [0.1, 0.15) is 0 Å². The van der Waals surface area contributed by atoms with Gasteiger partial charge in [-0.1, -0.05) is 35.9 Å². The van der Waals surface area contributed by atoms with E-state index in [0.717, 1.165) is 5.56 Å². The first-order valence-electron chi connectivity index (χ1n) is 5.80. The topological polar surface area (TPSA) is 29.3 Å². The van der Waals surface area contributed by atoms with Crippen LogP contribution in [0.4, 0.5) is 11.4 Å². The first kappa shape index (κ1) is 11.7. The van der Waals surface area contributed by atoms with E-state index in [4.69, 9.17) is 5.73 Å². The number of para-hydroxylation sites is 1. The van der Waals surface area contributed by atoms with Crippen LogP contribution in [0.15, 0.2) is 48.5 Å². The zero-order chi connectivity index (χ0) is 12.3. The van der Waals surface area contributed by atoms with E-state index in [2.05, 4.69) is 55.3 Å². The summed E-state index contributed by atoms with van der Waals surface area (Å²) in [4.78, 5) is 2.17. The van der Waals surface area contributed by atoms with Crippen LogP contribution in [-0.4, -0.2) is 7.05 Å². The highest BCUT2D eigenvalue weighted by molar-refractivity contribution is 5.65. The molecule has 0 aliphatic heterocycles. The molecule has 0 atom stereocenters. The van der Waals surface area contributed by atoms with E-state index in [1.807, 2.05) is 12.1 Å². The molecule has 0 heterocycles. The van der Waals surface area contributed by atoms with Gasteiger partial charge < -0.3 is 10.6 Å². The highest BCUT2D eigenvalue weighted by atomic mass is 15.1. The smallest absolute Gasteiger partial charge is 0.0453 e. The van der Waals surface area contributed by atoms with Gasteiger partial charge in [-0.3, -0.25) is 0 Å². The summed E-state index contributed by atoms with van der Waals surface area (Å²) in [7, 11) is 2.07. The van der Waals surface area contributed by atoms with Crippen molar-refractivity contribution < 1.29 is 0 Å². The lowest BCUT2D eigenvalue weighted by Gasteiger charge is -2.22. The highest BCUT2D eigenvalue weighted by Crippen LogP contribution is 2.26. The quantitative estimate of drug-likeness (QED) is 0.870. The van der Waals surface area contributed by atoms with Crippen molar-refractivity contribution in [3.8, 4) is 0 Å². The second-order valence-corrected chi connectivity index (χ2v) is 4.23. The van der Waals surface area contributed by atoms with Crippen LogP contribution < -0.4 is 10.6 Å². The third kappa shape index (κ3) is 2.48. The minimum atomic E-state index is 0.562. The van der Waals surface area contributed by atoms with E-state index in [-0.39, 0.29) is 0 Å². The summed E-state index contributed by atoms with van der Waals surface area (Å²) in [6.45, 7) is 2.66. The maximum atomic E-state index is 5.76. The van der Waals surface area contributed by atoms with Gasteiger partial charge in [0, 0.05) is 25.0 Å². The van der Waals surface area contributed by atoms with Gasteiger partial charge in [0.05, 0.1) is 0 Å². The Bertz CT molecular complexity index is 489. The minimum Gasteiger partial charge on any atom is -0.344 e. The van der Waals surface area contributed by atoms with Crippen molar-refractivity contribution in [2.24, 2.45) is 5.73 Å². The van der Waals surface area contributed by atoms with Gasteiger partial charge in [0.15, 0.2) is 0 Å². The van der Waals surface area contributed by atoms with Gasteiger partial charge in [0.25, 0.3) is 0 Å². The molecule has 2 nitrogen and oxygen atoms in total. The third-order valence-corrected chi connectivity index (χ3v) is 2.99. The van der Waals surface area contributed by atoms with Crippen molar-refractivity contribution in [3.63, 3.8) is 0 Å². The largest absolute Gasteiger partial charge is 0.344 e. The fourth-order valence-electron chi connectivity index (χ4n) is 1.92. The Balaban J connectivity index is 2.36. The number of nitrogens with zero attached hydrogens (tertiary/aromatic N) is 1. The number of benzene rings is 2. The van der Waals surface area contributed by atoms with E-state index < -0.39 is 0 Å². The van der Waals surface area contributed by atoms with Crippen molar-refractivity contribution in [1.29, 1.82) is 0 Å². The van der Waals surface area contributed by atoms with Gasteiger partial charge in [-0.2, -0.15) is 0 Å². The lowest BCUT2D eigenvalue weighted by atomic mass is 10.1. The van der Waals surface area contributed by atoms with Gasteiger partial charge >= 0.3 is 0 Å². The predicted octanol–water partition coefficient (Wildman–Crippen LogP) is 3.22. The Hall–Kier alpha value is -1.80. The molecule has 0 aliphatic carbocycles. The Labute approximate surface area is 103 Å². The molecule has 0 unspecified atom stereocenters. The molecule has 2 rings (SSSR count). The van der Waals surface area contributed by atoms with Crippen LogP contribution in [0, 0.1) is 6.92 Å². The molecule has 88 valence electrons. The molecule has 0 amide bonds. The third-order valence-electron chi connectivity index (χ3n) is 2.99. The van der Waals surface area contributed by atoms with Gasteiger partial charge in [0.2, 0.25) is 0 Å². The average molecular weight is 226 g/mol. The molecule has 2 heteroatoms. The van der Waals surface area contributed by atoms with Crippen molar-refractivity contribution in [3.05, 3.63) is 59.7 Å². The molecule has 0 saturated heterocycles. The molecule has 2 aromatic carbocycles. The Morgan fingerprint density at radius 2 is 1.65 bits per heavy atom. The number of nitrogens with two attached hydrogens (primary N) is 1. The van der Waals surface area contributed by atoms with Crippen LogP contribution >= 0.6 is 0 Å². The van der Waals surface area contributed by atoms with Gasteiger partial charge in [-0.15, -0.1) is 0 Å². The van der Waals surface area contributed by atoms with Gasteiger partial charge in [-0.25, -0.2) is 0 Å².